The smallest absolute Gasteiger partial charge is 0.255 e. The SMILES string of the molecule is O=C1CCC(N2Cc3c(cccc3-c3cn(C4CCCCNC4=O)nn3)C2=O)C(=O)N1. The Labute approximate surface area is 178 Å². The van der Waals surface area contributed by atoms with E-state index in [1.54, 1.807) is 23.0 Å². The van der Waals surface area contributed by atoms with Crippen LogP contribution in [0.15, 0.2) is 24.4 Å². The van der Waals surface area contributed by atoms with Gasteiger partial charge in [-0.25, -0.2) is 4.68 Å². The zero-order valence-corrected chi connectivity index (χ0v) is 16.8. The standard InChI is InChI=1S/C21H22N6O4/c28-18-8-7-16(20(30)23-18)26-10-14-12(4-3-5-13(14)21(26)31)15-11-27(25-24-15)17-6-1-2-9-22-19(17)29/h3-5,11,16-17H,1-2,6-10H2,(H,22,29)(H,23,28,30). The molecule has 2 saturated heterocycles. The molecule has 160 valence electrons. The third kappa shape index (κ3) is 3.37. The van der Waals surface area contributed by atoms with E-state index >= 15 is 0 Å². The number of carbonyl (C=O) groups excluding carboxylic acids is 4. The van der Waals surface area contributed by atoms with Crippen molar-refractivity contribution in [2.24, 2.45) is 0 Å². The minimum atomic E-state index is -0.671. The first-order valence-corrected chi connectivity index (χ1v) is 10.5. The highest BCUT2D eigenvalue weighted by Crippen LogP contribution is 2.34. The molecule has 0 bridgehead atoms. The number of carbonyl (C=O) groups is 4. The first kappa shape index (κ1) is 19.4. The molecule has 0 spiro atoms. The van der Waals surface area contributed by atoms with E-state index in [0.29, 0.717) is 30.6 Å². The average Bonchev–Trinajstić information content (AvgIpc) is 3.29. The van der Waals surface area contributed by atoms with Gasteiger partial charge in [0.05, 0.1) is 6.20 Å². The van der Waals surface area contributed by atoms with Crippen molar-refractivity contribution in [2.45, 2.75) is 50.7 Å². The van der Waals surface area contributed by atoms with Crippen LogP contribution in [-0.2, 0) is 20.9 Å². The lowest BCUT2D eigenvalue weighted by Gasteiger charge is -2.29. The third-order valence-corrected chi connectivity index (χ3v) is 6.19. The largest absolute Gasteiger partial charge is 0.354 e. The molecular weight excluding hydrogens is 400 g/mol. The lowest BCUT2D eigenvalue weighted by Crippen LogP contribution is -2.52. The topological polar surface area (TPSA) is 126 Å². The van der Waals surface area contributed by atoms with E-state index in [1.807, 2.05) is 6.07 Å². The van der Waals surface area contributed by atoms with Crippen molar-refractivity contribution in [1.82, 2.24) is 30.5 Å². The fourth-order valence-corrected chi connectivity index (χ4v) is 4.55. The monoisotopic (exact) mass is 422 g/mol. The molecule has 31 heavy (non-hydrogen) atoms. The molecule has 0 saturated carbocycles. The summed E-state index contributed by atoms with van der Waals surface area (Å²) in [6.45, 7) is 0.925. The Morgan fingerprint density at radius 1 is 0.968 bits per heavy atom. The number of fused-ring (bicyclic) bond motifs is 1. The van der Waals surface area contributed by atoms with Crippen LogP contribution in [0.3, 0.4) is 0 Å². The molecule has 3 aliphatic rings. The maximum Gasteiger partial charge on any atom is 0.255 e. The van der Waals surface area contributed by atoms with Crippen molar-refractivity contribution < 1.29 is 19.2 Å². The second-order valence-corrected chi connectivity index (χ2v) is 8.12. The second kappa shape index (κ2) is 7.60. The molecule has 2 N–H and O–H groups in total. The summed E-state index contributed by atoms with van der Waals surface area (Å²) in [5, 5.41) is 13.7. The Balaban J connectivity index is 1.44. The average molecular weight is 422 g/mol. The summed E-state index contributed by atoms with van der Waals surface area (Å²) in [6, 6.07) is 4.30. The van der Waals surface area contributed by atoms with Crippen LogP contribution in [0.2, 0.25) is 0 Å². The molecule has 1 aromatic carbocycles. The first-order chi connectivity index (χ1) is 15.0. The van der Waals surface area contributed by atoms with Crippen molar-refractivity contribution >= 4 is 23.6 Å². The number of hydrogen-bond donors (Lipinski definition) is 2. The van der Waals surface area contributed by atoms with Crippen molar-refractivity contribution in [3.05, 3.63) is 35.5 Å². The first-order valence-electron chi connectivity index (χ1n) is 10.5. The molecule has 4 amide bonds. The van der Waals surface area contributed by atoms with Gasteiger partial charge in [-0.15, -0.1) is 5.10 Å². The van der Waals surface area contributed by atoms with Crippen LogP contribution < -0.4 is 10.6 Å². The third-order valence-electron chi connectivity index (χ3n) is 6.19. The Morgan fingerprint density at radius 3 is 2.65 bits per heavy atom. The summed E-state index contributed by atoms with van der Waals surface area (Å²) >= 11 is 0. The van der Waals surface area contributed by atoms with Gasteiger partial charge in [0.2, 0.25) is 17.7 Å². The maximum atomic E-state index is 13.0. The number of piperidine rings is 1. The Kier molecular flexibility index (Phi) is 4.76. The predicted molar refractivity (Wildman–Crippen MR) is 107 cm³/mol. The molecule has 3 aliphatic heterocycles. The van der Waals surface area contributed by atoms with Crippen molar-refractivity contribution in [3.63, 3.8) is 0 Å². The van der Waals surface area contributed by atoms with E-state index in [9.17, 15) is 19.2 Å². The minimum Gasteiger partial charge on any atom is -0.354 e. The molecule has 2 aromatic rings. The molecule has 10 heteroatoms. The number of rotatable bonds is 3. The Bertz CT molecular complexity index is 1090. The normalized spacial score (nSPS) is 23.9. The van der Waals surface area contributed by atoms with Crippen molar-refractivity contribution in [1.29, 1.82) is 0 Å². The quantitative estimate of drug-likeness (QED) is 0.696. The van der Waals surface area contributed by atoms with Gasteiger partial charge in [-0.3, -0.25) is 24.5 Å². The summed E-state index contributed by atoms with van der Waals surface area (Å²) < 4.78 is 1.59. The van der Waals surface area contributed by atoms with Gasteiger partial charge < -0.3 is 10.2 Å². The molecule has 2 atom stereocenters. The summed E-state index contributed by atoms with van der Waals surface area (Å²) in [7, 11) is 0. The molecule has 2 unspecified atom stereocenters. The lowest BCUT2D eigenvalue weighted by atomic mass is 10.0. The highest BCUT2D eigenvalue weighted by molar-refractivity contribution is 6.06. The number of aromatic nitrogens is 3. The van der Waals surface area contributed by atoms with E-state index in [0.717, 1.165) is 24.0 Å². The number of hydrogen-bond acceptors (Lipinski definition) is 6. The van der Waals surface area contributed by atoms with E-state index in [-0.39, 0.29) is 30.7 Å². The molecule has 5 rings (SSSR count). The van der Waals surface area contributed by atoms with Gasteiger partial charge in [-0.2, -0.15) is 0 Å². The summed E-state index contributed by atoms with van der Waals surface area (Å²) in [5.74, 6) is -1.05. The number of benzene rings is 1. The highest BCUT2D eigenvalue weighted by atomic mass is 16.2. The molecule has 1 aromatic heterocycles. The summed E-state index contributed by atoms with van der Waals surface area (Å²) in [6.07, 6.45) is 4.82. The predicted octanol–water partition coefficient (Wildman–Crippen LogP) is 0.547. The van der Waals surface area contributed by atoms with Crippen LogP contribution in [0, 0.1) is 0 Å². The van der Waals surface area contributed by atoms with Crippen LogP contribution in [0.25, 0.3) is 11.3 Å². The van der Waals surface area contributed by atoms with E-state index in [1.165, 1.54) is 4.90 Å². The zero-order chi connectivity index (χ0) is 21.5. The molecule has 10 nitrogen and oxygen atoms in total. The van der Waals surface area contributed by atoms with Gasteiger partial charge in [0.15, 0.2) is 0 Å². The van der Waals surface area contributed by atoms with E-state index in [2.05, 4.69) is 20.9 Å². The maximum absolute atomic E-state index is 13.0. The van der Waals surface area contributed by atoms with Gasteiger partial charge in [-0.1, -0.05) is 17.3 Å². The molecule has 4 heterocycles. The number of amides is 4. The second-order valence-electron chi connectivity index (χ2n) is 8.12. The van der Waals surface area contributed by atoms with Crippen LogP contribution in [0.4, 0.5) is 0 Å². The van der Waals surface area contributed by atoms with Crippen LogP contribution >= 0.6 is 0 Å². The number of nitrogens with one attached hydrogen (secondary N) is 2. The lowest BCUT2D eigenvalue weighted by molar-refractivity contribution is -0.137. The fourth-order valence-electron chi connectivity index (χ4n) is 4.55. The fraction of sp³-hybridized carbons (Fsp3) is 0.429. The van der Waals surface area contributed by atoms with Gasteiger partial charge >= 0.3 is 0 Å². The van der Waals surface area contributed by atoms with E-state index in [4.69, 9.17) is 0 Å². The molecule has 0 radical (unpaired) electrons. The summed E-state index contributed by atoms with van der Waals surface area (Å²) in [4.78, 5) is 50.6. The van der Waals surface area contributed by atoms with Crippen LogP contribution in [-0.4, -0.2) is 56.1 Å². The number of nitrogens with zero attached hydrogens (tertiary/aromatic N) is 4. The zero-order valence-electron chi connectivity index (χ0n) is 16.8. The van der Waals surface area contributed by atoms with Crippen LogP contribution in [0.1, 0.15) is 54.1 Å². The molecular formula is C21H22N6O4. The van der Waals surface area contributed by atoms with Crippen LogP contribution in [0.5, 0.6) is 0 Å². The van der Waals surface area contributed by atoms with Crippen molar-refractivity contribution in [2.75, 3.05) is 6.54 Å². The minimum absolute atomic E-state index is 0.0635. The number of imide groups is 1. The van der Waals surface area contributed by atoms with Gasteiger partial charge in [0, 0.05) is 30.6 Å². The van der Waals surface area contributed by atoms with E-state index < -0.39 is 18.0 Å². The van der Waals surface area contributed by atoms with Gasteiger partial charge in [-0.05, 0) is 37.3 Å². The molecule has 2 fully saturated rings. The highest BCUT2D eigenvalue weighted by Gasteiger charge is 2.40. The Morgan fingerprint density at radius 2 is 1.81 bits per heavy atom. The Hall–Kier alpha value is -3.56. The van der Waals surface area contributed by atoms with Gasteiger partial charge in [0.1, 0.15) is 17.8 Å². The molecule has 0 aliphatic carbocycles. The summed E-state index contributed by atoms with van der Waals surface area (Å²) in [5.41, 5.74) is 2.62. The van der Waals surface area contributed by atoms with Crippen molar-refractivity contribution in [3.8, 4) is 11.3 Å². The van der Waals surface area contributed by atoms with Gasteiger partial charge in [0.25, 0.3) is 5.91 Å².